The van der Waals surface area contributed by atoms with Crippen molar-refractivity contribution in [1.82, 2.24) is 4.31 Å². The van der Waals surface area contributed by atoms with Crippen molar-refractivity contribution in [3.05, 3.63) is 66.2 Å². The fourth-order valence-corrected chi connectivity index (χ4v) is 4.63. The first-order chi connectivity index (χ1) is 10.9. The van der Waals surface area contributed by atoms with E-state index in [9.17, 15) is 8.42 Å². The zero-order valence-electron chi connectivity index (χ0n) is 13.3. The SMILES string of the molecule is CC1(C)COC(c2ccccc2)CN1S(=O)(=O)c1ccccc1. The minimum absolute atomic E-state index is 0.247. The molecule has 5 heteroatoms. The lowest BCUT2D eigenvalue weighted by atomic mass is 10.0. The number of ether oxygens (including phenoxy) is 1. The Morgan fingerprint density at radius 3 is 2.17 bits per heavy atom. The van der Waals surface area contributed by atoms with Crippen molar-refractivity contribution in [3.8, 4) is 0 Å². The summed E-state index contributed by atoms with van der Waals surface area (Å²) in [6.07, 6.45) is -0.247. The Morgan fingerprint density at radius 1 is 1.00 bits per heavy atom. The highest BCUT2D eigenvalue weighted by Gasteiger charge is 2.43. The number of hydrogen-bond donors (Lipinski definition) is 0. The van der Waals surface area contributed by atoms with E-state index in [-0.39, 0.29) is 6.10 Å². The second-order valence-corrected chi connectivity index (χ2v) is 8.23. The molecule has 0 aromatic heterocycles. The van der Waals surface area contributed by atoms with Crippen LogP contribution in [0.1, 0.15) is 25.5 Å². The molecular weight excluding hydrogens is 310 g/mol. The van der Waals surface area contributed by atoms with Gasteiger partial charge in [-0.25, -0.2) is 8.42 Å². The van der Waals surface area contributed by atoms with Gasteiger partial charge in [0.2, 0.25) is 10.0 Å². The van der Waals surface area contributed by atoms with E-state index in [1.165, 1.54) is 0 Å². The van der Waals surface area contributed by atoms with Gasteiger partial charge in [-0.3, -0.25) is 0 Å². The molecule has 4 nitrogen and oxygen atoms in total. The molecule has 0 radical (unpaired) electrons. The first-order valence-electron chi connectivity index (χ1n) is 7.66. The Balaban J connectivity index is 1.95. The van der Waals surface area contributed by atoms with Crippen LogP contribution < -0.4 is 0 Å². The van der Waals surface area contributed by atoms with Crippen molar-refractivity contribution < 1.29 is 13.2 Å². The maximum Gasteiger partial charge on any atom is 0.243 e. The normalized spacial score (nSPS) is 21.9. The summed E-state index contributed by atoms with van der Waals surface area (Å²) in [6, 6.07) is 18.3. The van der Waals surface area contributed by atoms with E-state index in [4.69, 9.17) is 4.74 Å². The third-order valence-corrected chi connectivity index (χ3v) is 6.24. The summed E-state index contributed by atoms with van der Waals surface area (Å²) in [6.45, 7) is 4.47. The zero-order chi connectivity index (χ0) is 16.5. The Bertz CT molecular complexity index is 757. The summed E-state index contributed by atoms with van der Waals surface area (Å²) in [5.41, 5.74) is 0.413. The summed E-state index contributed by atoms with van der Waals surface area (Å²) in [5, 5.41) is 0. The molecule has 0 N–H and O–H groups in total. The summed E-state index contributed by atoms with van der Waals surface area (Å²) >= 11 is 0. The third kappa shape index (κ3) is 3.17. The smallest absolute Gasteiger partial charge is 0.243 e. The molecule has 1 saturated heterocycles. The fourth-order valence-electron chi connectivity index (χ4n) is 2.84. The topological polar surface area (TPSA) is 46.6 Å². The maximum absolute atomic E-state index is 13.1. The largest absolute Gasteiger partial charge is 0.370 e. The molecule has 0 aliphatic carbocycles. The van der Waals surface area contributed by atoms with Crippen LogP contribution in [0.2, 0.25) is 0 Å². The van der Waals surface area contributed by atoms with E-state index in [0.717, 1.165) is 5.56 Å². The van der Waals surface area contributed by atoms with E-state index in [1.807, 2.05) is 50.2 Å². The molecule has 1 aliphatic heterocycles. The highest BCUT2D eigenvalue weighted by Crippen LogP contribution is 2.34. The summed E-state index contributed by atoms with van der Waals surface area (Å²) in [4.78, 5) is 0.321. The molecule has 0 saturated carbocycles. The van der Waals surface area contributed by atoms with Crippen LogP contribution in [0.4, 0.5) is 0 Å². The van der Waals surface area contributed by atoms with E-state index < -0.39 is 15.6 Å². The lowest BCUT2D eigenvalue weighted by molar-refractivity contribution is -0.0655. The van der Waals surface area contributed by atoms with Crippen molar-refractivity contribution in [2.24, 2.45) is 0 Å². The van der Waals surface area contributed by atoms with Crippen LogP contribution in [0.5, 0.6) is 0 Å². The van der Waals surface area contributed by atoms with Crippen molar-refractivity contribution in [3.63, 3.8) is 0 Å². The first kappa shape index (κ1) is 16.2. The molecule has 0 bridgehead atoms. The predicted molar refractivity (Wildman–Crippen MR) is 89.5 cm³/mol. The van der Waals surface area contributed by atoms with Gasteiger partial charge in [0.1, 0.15) is 0 Å². The van der Waals surface area contributed by atoms with Crippen molar-refractivity contribution in [2.45, 2.75) is 30.4 Å². The van der Waals surface area contributed by atoms with E-state index >= 15 is 0 Å². The van der Waals surface area contributed by atoms with E-state index in [0.29, 0.717) is 18.0 Å². The molecule has 1 aliphatic rings. The predicted octanol–water partition coefficient (Wildman–Crippen LogP) is 3.23. The standard InChI is InChI=1S/C18H21NO3S/c1-18(2)14-22-17(15-9-5-3-6-10-15)13-19(18)23(20,21)16-11-7-4-8-12-16/h3-12,17H,13-14H2,1-2H3. The summed E-state index contributed by atoms with van der Waals surface area (Å²) in [5.74, 6) is 0. The molecule has 0 spiro atoms. The van der Waals surface area contributed by atoms with E-state index in [2.05, 4.69) is 0 Å². The Hall–Kier alpha value is -1.69. The minimum Gasteiger partial charge on any atom is -0.370 e. The zero-order valence-corrected chi connectivity index (χ0v) is 14.2. The molecule has 122 valence electrons. The van der Waals surface area contributed by atoms with Crippen LogP contribution in [0.3, 0.4) is 0 Å². The maximum atomic E-state index is 13.1. The molecule has 1 fully saturated rings. The summed E-state index contributed by atoms with van der Waals surface area (Å²) < 4.78 is 33.6. The van der Waals surface area contributed by atoms with Gasteiger partial charge in [0.25, 0.3) is 0 Å². The molecule has 2 aromatic rings. The van der Waals surface area contributed by atoms with Crippen LogP contribution >= 0.6 is 0 Å². The number of nitrogens with zero attached hydrogens (tertiary/aromatic N) is 1. The third-order valence-electron chi connectivity index (χ3n) is 4.15. The lowest BCUT2D eigenvalue weighted by Gasteiger charge is -2.44. The number of morpholine rings is 1. The highest BCUT2D eigenvalue weighted by atomic mass is 32.2. The molecule has 23 heavy (non-hydrogen) atoms. The van der Waals surface area contributed by atoms with Crippen molar-refractivity contribution in [1.29, 1.82) is 0 Å². The summed E-state index contributed by atoms with van der Waals surface area (Å²) in [7, 11) is -3.56. The molecule has 3 rings (SSSR count). The second-order valence-electron chi connectivity index (χ2n) is 6.37. The number of rotatable bonds is 3. The Kier molecular flexibility index (Phi) is 4.27. The molecule has 0 amide bonds. The minimum atomic E-state index is -3.56. The van der Waals surface area contributed by atoms with Gasteiger partial charge in [0.15, 0.2) is 0 Å². The number of hydrogen-bond acceptors (Lipinski definition) is 3. The van der Waals surface area contributed by atoms with E-state index in [1.54, 1.807) is 28.6 Å². The van der Waals surface area contributed by atoms with Crippen LogP contribution in [0, 0.1) is 0 Å². The van der Waals surface area contributed by atoms with Gasteiger partial charge in [0, 0.05) is 6.54 Å². The van der Waals surface area contributed by atoms with Crippen LogP contribution in [-0.4, -0.2) is 31.4 Å². The average molecular weight is 331 g/mol. The molecule has 1 unspecified atom stereocenters. The Morgan fingerprint density at radius 2 is 1.57 bits per heavy atom. The second kappa shape index (κ2) is 6.07. The van der Waals surface area contributed by atoms with Gasteiger partial charge in [-0.2, -0.15) is 4.31 Å². The van der Waals surface area contributed by atoms with Crippen molar-refractivity contribution in [2.75, 3.05) is 13.2 Å². The van der Waals surface area contributed by atoms with Gasteiger partial charge in [0.05, 0.1) is 23.1 Å². The van der Waals surface area contributed by atoms with Gasteiger partial charge in [-0.1, -0.05) is 48.5 Å². The average Bonchev–Trinajstić information content (AvgIpc) is 2.56. The first-order valence-corrected chi connectivity index (χ1v) is 9.10. The van der Waals surface area contributed by atoms with Crippen LogP contribution in [0.25, 0.3) is 0 Å². The van der Waals surface area contributed by atoms with Gasteiger partial charge < -0.3 is 4.74 Å². The van der Waals surface area contributed by atoms with Gasteiger partial charge >= 0.3 is 0 Å². The Labute approximate surface area is 137 Å². The van der Waals surface area contributed by atoms with Crippen LogP contribution in [0.15, 0.2) is 65.6 Å². The quantitative estimate of drug-likeness (QED) is 0.867. The number of sulfonamides is 1. The molecule has 1 atom stereocenters. The van der Waals surface area contributed by atoms with Gasteiger partial charge in [-0.15, -0.1) is 0 Å². The van der Waals surface area contributed by atoms with Crippen LogP contribution in [-0.2, 0) is 14.8 Å². The number of benzene rings is 2. The molecule has 1 heterocycles. The lowest BCUT2D eigenvalue weighted by Crippen LogP contribution is -2.56. The highest BCUT2D eigenvalue weighted by molar-refractivity contribution is 7.89. The monoisotopic (exact) mass is 331 g/mol. The van der Waals surface area contributed by atoms with Gasteiger partial charge in [-0.05, 0) is 31.5 Å². The molecule has 2 aromatic carbocycles. The fraction of sp³-hybridized carbons (Fsp3) is 0.333. The van der Waals surface area contributed by atoms with Crippen molar-refractivity contribution >= 4 is 10.0 Å². The molecular formula is C18H21NO3S.